The average molecular weight is 424 g/mol. The van der Waals surface area contributed by atoms with Crippen molar-refractivity contribution in [2.75, 3.05) is 19.7 Å². The Bertz CT molecular complexity index is 898. The summed E-state index contributed by atoms with van der Waals surface area (Å²) in [6, 6.07) is 16.2. The Morgan fingerprint density at radius 3 is 2.19 bits per heavy atom. The lowest BCUT2D eigenvalue weighted by molar-refractivity contribution is -0.137. The number of nitrogens with one attached hydrogen (secondary N) is 2. The number of rotatable bonds is 10. The van der Waals surface area contributed by atoms with Crippen LogP contribution in [0.2, 0.25) is 0 Å². The van der Waals surface area contributed by atoms with Crippen LogP contribution in [0.25, 0.3) is 11.1 Å². The van der Waals surface area contributed by atoms with Crippen molar-refractivity contribution < 1.29 is 24.2 Å². The minimum absolute atomic E-state index is 0.0242. The average Bonchev–Trinajstić information content (AvgIpc) is 3.08. The fourth-order valence-electron chi connectivity index (χ4n) is 3.97. The van der Waals surface area contributed by atoms with Crippen LogP contribution in [0.4, 0.5) is 4.79 Å². The second-order valence-electron chi connectivity index (χ2n) is 7.63. The van der Waals surface area contributed by atoms with Gasteiger partial charge < -0.3 is 20.5 Å². The van der Waals surface area contributed by atoms with E-state index in [-0.39, 0.29) is 37.9 Å². The molecule has 1 aliphatic rings. The van der Waals surface area contributed by atoms with Crippen molar-refractivity contribution in [3.05, 3.63) is 59.7 Å². The second-order valence-corrected chi connectivity index (χ2v) is 7.63. The van der Waals surface area contributed by atoms with Gasteiger partial charge >= 0.3 is 12.1 Å². The molecule has 0 heterocycles. The molecule has 3 rings (SSSR count). The molecule has 2 amide bonds. The van der Waals surface area contributed by atoms with Crippen LogP contribution in [0.5, 0.6) is 0 Å². The van der Waals surface area contributed by atoms with Crippen LogP contribution in [0.15, 0.2) is 48.5 Å². The lowest BCUT2D eigenvalue weighted by atomic mass is 9.98. The number of hydrogen-bond donors (Lipinski definition) is 3. The highest BCUT2D eigenvalue weighted by atomic mass is 16.5. The Balaban J connectivity index is 1.54. The van der Waals surface area contributed by atoms with Gasteiger partial charge in [0.15, 0.2) is 0 Å². The topological polar surface area (TPSA) is 105 Å². The number of carboxylic acid groups (broad SMARTS) is 1. The first kappa shape index (κ1) is 22.3. The van der Waals surface area contributed by atoms with E-state index in [4.69, 9.17) is 9.84 Å². The van der Waals surface area contributed by atoms with Crippen molar-refractivity contribution >= 4 is 18.0 Å². The molecule has 1 unspecified atom stereocenters. The lowest BCUT2D eigenvalue weighted by Crippen LogP contribution is -2.39. The number of alkyl carbamates (subject to hydrolysis) is 1. The van der Waals surface area contributed by atoms with Gasteiger partial charge in [-0.2, -0.15) is 0 Å². The highest BCUT2D eigenvalue weighted by Gasteiger charge is 2.29. The quantitative estimate of drug-likeness (QED) is 0.541. The molecule has 1 atom stereocenters. The number of amides is 2. The van der Waals surface area contributed by atoms with E-state index < -0.39 is 18.0 Å². The molecule has 31 heavy (non-hydrogen) atoms. The molecule has 1 aliphatic carbocycles. The van der Waals surface area contributed by atoms with E-state index in [0.29, 0.717) is 6.42 Å². The molecular formula is C24H28N2O5. The summed E-state index contributed by atoms with van der Waals surface area (Å²) in [5, 5.41) is 14.0. The van der Waals surface area contributed by atoms with Gasteiger partial charge in [-0.1, -0.05) is 61.9 Å². The number of carbonyl (C=O) groups excluding carboxylic acids is 2. The molecule has 0 bridgehead atoms. The second kappa shape index (κ2) is 10.6. The fraction of sp³-hybridized carbons (Fsp3) is 0.375. The van der Waals surface area contributed by atoms with Crippen LogP contribution in [0.1, 0.15) is 43.2 Å². The van der Waals surface area contributed by atoms with Gasteiger partial charge in [-0.3, -0.25) is 9.59 Å². The number of ether oxygens (including phenoxy) is 1. The van der Waals surface area contributed by atoms with Gasteiger partial charge in [0.2, 0.25) is 5.91 Å². The van der Waals surface area contributed by atoms with Gasteiger partial charge in [-0.25, -0.2) is 4.79 Å². The molecule has 0 aliphatic heterocycles. The van der Waals surface area contributed by atoms with Crippen molar-refractivity contribution in [1.29, 1.82) is 0 Å². The predicted molar refractivity (Wildman–Crippen MR) is 117 cm³/mol. The van der Waals surface area contributed by atoms with Crippen LogP contribution in [-0.4, -0.2) is 42.8 Å². The molecule has 164 valence electrons. The Labute approximate surface area is 181 Å². The maximum atomic E-state index is 12.3. The normalized spacial score (nSPS) is 13.1. The van der Waals surface area contributed by atoms with Crippen LogP contribution in [0, 0.1) is 5.92 Å². The van der Waals surface area contributed by atoms with Crippen molar-refractivity contribution in [1.82, 2.24) is 10.6 Å². The molecule has 0 saturated heterocycles. The van der Waals surface area contributed by atoms with Gasteiger partial charge in [0.25, 0.3) is 0 Å². The van der Waals surface area contributed by atoms with E-state index in [9.17, 15) is 14.4 Å². The Hall–Kier alpha value is -3.35. The summed E-state index contributed by atoms with van der Waals surface area (Å²) in [5.74, 6) is -1.69. The minimum Gasteiger partial charge on any atom is -0.481 e. The van der Waals surface area contributed by atoms with Crippen molar-refractivity contribution in [2.45, 2.75) is 32.1 Å². The third kappa shape index (κ3) is 5.63. The summed E-state index contributed by atoms with van der Waals surface area (Å²) in [6.07, 6.45) is 0.650. The van der Waals surface area contributed by atoms with E-state index in [1.807, 2.05) is 31.2 Å². The number of benzene rings is 2. The summed E-state index contributed by atoms with van der Waals surface area (Å²) >= 11 is 0. The summed E-state index contributed by atoms with van der Waals surface area (Å²) in [5.41, 5.74) is 4.60. The first-order valence-electron chi connectivity index (χ1n) is 10.6. The van der Waals surface area contributed by atoms with Crippen LogP contribution < -0.4 is 10.6 Å². The molecule has 0 fully saturated rings. The maximum absolute atomic E-state index is 12.3. The zero-order chi connectivity index (χ0) is 22.2. The van der Waals surface area contributed by atoms with Gasteiger partial charge in [0, 0.05) is 19.0 Å². The molecule has 2 aromatic carbocycles. The molecule has 7 heteroatoms. The SMILES string of the molecule is CCCC(CNC(=O)OCC1c2ccccc2-c2ccccc21)C(=O)NCCC(=O)O. The number of aliphatic carboxylic acids is 1. The van der Waals surface area contributed by atoms with Gasteiger partial charge in [-0.05, 0) is 28.7 Å². The number of hydrogen-bond acceptors (Lipinski definition) is 4. The molecule has 7 nitrogen and oxygen atoms in total. The first-order chi connectivity index (χ1) is 15.0. The van der Waals surface area contributed by atoms with Crippen LogP contribution in [-0.2, 0) is 14.3 Å². The lowest BCUT2D eigenvalue weighted by Gasteiger charge is -2.18. The Morgan fingerprint density at radius 2 is 1.61 bits per heavy atom. The summed E-state index contributed by atoms with van der Waals surface area (Å²) in [4.78, 5) is 35.2. The summed E-state index contributed by atoms with van der Waals surface area (Å²) in [7, 11) is 0. The van der Waals surface area contributed by atoms with Gasteiger partial charge in [-0.15, -0.1) is 0 Å². The molecule has 0 aromatic heterocycles. The van der Waals surface area contributed by atoms with Crippen molar-refractivity contribution in [3.63, 3.8) is 0 Å². The van der Waals surface area contributed by atoms with E-state index >= 15 is 0 Å². The van der Waals surface area contributed by atoms with E-state index in [0.717, 1.165) is 28.7 Å². The minimum atomic E-state index is -0.968. The molecule has 0 spiro atoms. The maximum Gasteiger partial charge on any atom is 0.407 e. The zero-order valence-corrected chi connectivity index (χ0v) is 17.6. The summed E-state index contributed by atoms with van der Waals surface area (Å²) < 4.78 is 5.50. The highest BCUT2D eigenvalue weighted by molar-refractivity contribution is 5.81. The summed E-state index contributed by atoms with van der Waals surface area (Å²) in [6.45, 7) is 2.37. The number of carbonyl (C=O) groups is 3. The van der Waals surface area contributed by atoms with E-state index in [1.54, 1.807) is 0 Å². The number of carboxylic acids is 1. The predicted octanol–water partition coefficient (Wildman–Crippen LogP) is 3.53. The number of fused-ring (bicyclic) bond motifs is 3. The molecule has 0 saturated carbocycles. The third-order valence-corrected chi connectivity index (χ3v) is 5.48. The molecule has 3 N–H and O–H groups in total. The Kier molecular flexibility index (Phi) is 7.65. The van der Waals surface area contributed by atoms with Crippen LogP contribution >= 0.6 is 0 Å². The van der Waals surface area contributed by atoms with Crippen LogP contribution in [0.3, 0.4) is 0 Å². The van der Waals surface area contributed by atoms with Crippen molar-refractivity contribution in [2.24, 2.45) is 5.92 Å². The van der Waals surface area contributed by atoms with E-state index in [1.165, 1.54) is 0 Å². The van der Waals surface area contributed by atoms with Crippen molar-refractivity contribution in [3.8, 4) is 11.1 Å². The fourth-order valence-corrected chi connectivity index (χ4v) is 3.97. The Morgan fingerprint density at radius 1 is 1.00 bits per heavy atom. The first-order valence-corrected chi connectivity index (χ1v) is 10.6. The van der Waals surface area contributed by atoms with E-state index in [2.05, 4.69) is 34.9 Å². The highest BCUT2D eigenvalue weighted by Crippen LogP contribution is 2.44. The largest absolute Gasteiger partial charge is 0.481 e. The molecular weight excluding hydrogens is 396 g/mol. The standard InChI is InChI=1S/C24H28N2O5/c1-2-7-16(23(29)25-13-12-22(27)28)14-26-24(30)31-15-21-19-10-5-3-8-17(19)18-9-4-6-11-20(18)21/h3-6,8-11,16,21H,2,7,12-15H2,1H3,(H,25,29)(H,26,30)(H,27,28). The third-order valence-electron chi connectivity index (χ3n) is 5.48. The molecule has 0 radical (unpaired) electrons. The monoisotopic (exact) mass is 424 g/mol. The molecule has 2 aromatic rings. The van der Waals surface area contributed by atoms with Gasteiger partial charge in [0.1, 0.15) is 6.61 Å². The zero-order valence-electron chi connectivity index (χ0n) is 17.6. The smallest absolute Gasteiger partial charge is 0.407 e. The van der Waals surface area contributed by atoms with Gasteiger partial charge in [0.05, 0.1) is 12.3 Å².